The molecule has 1 saturated heterocycles. The summed E-state index contributed by atoms with van der Waals surface area (Å²) in [4.78, 5) is 19.4. The van der Waals surface area contributed by atoms with Crippen molar-refractivity contribution in [3.63, 3.8) is 0 Å². The third-order valence-corrected chi connectivity index (χ3v) is 5.49. The van der Waals surface area contributed by atoms with E-state index in [1.807, 2.05) is 30.9 Å². The smallest absolute Gasteiger partial charge is 0.258 e. The first kappa shape index (κ1) is 18.5. The van der Waals surface area contributed by atoms with Gasteiger partial charge in [0.25, 0.3) is 11.6 Å². The molecule has 1 aliphatic heterocycles. The SMILES string of the molecule is Cc1cc(C(=O)N2CCC(Oc3ccc(C)c(C)c3)CC2)c2c(C)noc2n1. The van der Waals surface area contributed by atoms with E-state index in [1.165, 1.54) is 11.1 Å². The van der Waals surface area contributed by atoms with E-state index >= 15 is 0 Å². The van der Waals surface area contributed by atoms with Crippen LogP contribution in [0.25, 0.3) is 11.1 Å². The van der Waals surface area contributed by atoms with Crippen molar-refractivity contribution >= 4 is 17.0 Å². The van der Waals surface area contributed by atoms with Gasteiger partial charge >= 0.3 is 0 Å². The number of aromatic nitrogens is 2. The Morgan fingerprint density at radius 1 is 1.11 bits per heavy atom. The topological polar surface area (TPSA) is 68.5 Å². The summed E-state index contributed by atoms with van der Waals surface area (Å²) < 4.78 is 11.4. The van der Waals surface area contributed by atoms with Gasteiger partial charge in [-0.05, 0) is 57.0 Å². The summed E-state index contributed by atoms with van der Waals surface area (Å²) >= 11 is 0. The first-order valence-corrected chi connectivity index (χ1v) is 9.69. The van der Waals surface area contributed by atoms with Crippen molar-refractivity contribution in [2.24, 2.45) is 0 Å². The van der Waals surface area contributed by atoms with E-state index in [0.29, 0.717) is 35.4 Å². The Morgan fingerprint density at radius 2 is 1.86 bits per heavy atom. The van der Waals surface area contributed by atoms with Crippen molar-refractivity contribution in [3.8, 4) is 5.75 Å². The number of hydrogen-bond donors (Lipinski definition) is 0. The molecule has 3 heterocycles. The summed E-state index contributed by atoms with van der Waals surface area (Å²) in [6.45, 7) is 9.22. The second kappa shape index (κ2) is 7.26. The molecule has 146 valence electrons. The van der Waals surface area contributed by atoms with Crippen LogP contribution in [0.1, 0.15) is 45.7 Å². The van der Waals surface area contributed by atoms with Crippen LogP contribution in [0.2, 0.25) is 0 Å². The minimum Gasteiger partial charge on any atom is -0.490 e. The second-order valence-corrected chi connectivity index (χ2v) is 7.61. The number of aryl methyl sites for hydroxylation is 4. The Hall–Kier alpha value is -2.89. The molecule has 6 heteroatoms. The van der Waals surface area contributed by atoms with E-state index in [9.17, 15) is 4.79 Å². The number of carbonyl (C=O) groups is 1. The summed E-state index contributed by atoms with van der Waals surface area (Å²) in [5, 5.41) is 4.68. The highest BCUT2D eigenvalue weighted by Crippen LogP contribution is 2.26. The van der Waals surface area contributed by atoms with Crippen molar-refractivity contribution in [2.75, 3.05) is 13.1 Å². The molecule has 0 atom stereocenters. The Balaban J connectivity index is 1.46. The maximum Gasteiger partial charge on any atom is 0.258 e. The number of nitrogens with zero attached hydrogens (tertiary/aromatic N) is 3. The summed E-state index contributed by atoms with van der Waals surface area (Å²) in [5.74, 6) is 0.908. The summed E-state index contributed by atoms with van der Waals surface area (Å²) in [6, 6.07) is 8.01. The lowest BCUT2D eigenvalue weighted by atomic mass is 10.0. The predicted molar refractivity (Wildman–Crippen MR) is 107 cm³/mol. The van der Waals surface area contributed by atoms with E-state index in [2.05, 4.69) is 36.1 Å². The van der Waals surface area contributed by atoms with Crippen LogP contribution < -0.4 is 4.74 Å². The second-order valence-electron chi connectivity index (χ2n) is 7.61. The van der Waals surface area contributed by atoms with Gasteiger partial charge in [-0.3, -0.25) is 4.79 Å². The number of benzene rings is 1. The minimum absolute atomic E-state index is 0.00595. The van der Waals surface area contributed by atoms with Gasteiger partial charge in [-0.25, -0.2) is 4.98 Å². The molecule has 6 nitrogen and oxygen atoms in total. The van der Waals surface area contributed by atoms with Gasteiger partial charge in [0, 0.05) is 31.6 Å². The molecule has 0 saturated carbocycles. The van der Waals surface area contributed by atoms with Crippen molar-refractivity contribution in [2.45, 2.75) is 46.6 Å². The number of pyridine rings is 1. The Labute approximate surface area is 164 Å². The zero-order valence-corrected chi connectivity index (χ0v) is 16.8. The number of likely N-dealkylation sites (tertiary alicyclic amines) is 1. The van der Waals surface area contributed by atoms with Crippen LogP contribution >= 0.6 is 0 Å². The first-order chi connectivity index (χ1) is 13.4. The van der Waals surface area contributed by atoms with Crippen LogP contribution in [-0.4, -0.2) is 40.1 Å². The lowest BCUT2D eigenvalue weighted by molar-refractivity contribution is 0.0597. The molecule has 1 fully saturated rings. The van der Waals surface area contributed by atoms with Gasteiger partial charge in [0.05, 0.1) is 16.6 Å². The molecule has 3 aromatic rings. The van der Waals surface area contributed by atoms with Crippen molar-refractivity contribution in [1.29, 1.82) is 0 Å². The van der Waals surface area contributed by atoms with Crippen molar-refractivity contribution in [1.82, 2.24) is 15.0 Å². The number of fused-ring (bicyclic) bond motifs is 1. The van der Waals surface area contributed by atoms with Gasteiger partial charge in [0.15, 0.2) is 0 Å². The summed E-state index contributed by atoms with van der Waals surface area (Å²) in [6.07, 6.45) is 1.76. The Morgan fingerprint density at radius 3 is 2.57 bits per heavy atom. The molecule has 0 aliphatic carbocycles. The number of carbonyl (C=O) groups excluding carboxylic acids is 1. The molecule has 2 aromatic heterocycles. The van der Waals surface area contributed by atoms with E-state index in [0.717, 1.165) is 24.3 Å². The van der Waals surface area contributed by atoms with Gasteiger partial charge in [-0.1, -0.05) is 11.2 Å². The largest absolute Gasteiger partial charge is 0.490 e. The number of amides is 1. The monoisotopic (exact) mass is 379 g/mol. The molecule has 0 radical (unpaired) electrons. The predicted octanol–water partition coefficient (Wildman–Crippen LogP) is 4.14. The van der Waals surface area contributed by atoms with Gasteiger partial charge in [-0.15, -0.1) is 0 Å². The minimum atomic E-state index is 0.00595. The van der Waals surface area contributed by atoms with Gasteiger partial charge in [-0.2, -0.15) is 0 Å². The van der Waals surface area contributed by atoms with Crippen LogP contribution in [0.15, 0.2) is 28.8 Å². The number of rotatable bonds is 3. The van der Waals surface area contributed by atoms with Crippen LogP contribution in [0.4, 0.5) is 0 Å². The van der Waals surface area contributed by atoms with Crippen LogP contribution in [0.5, 0.6) is 5.75 Å². The fourth-order valence-corrected chi connectivity index (χ4v) is 3.71. The highest BCUT2D eigenvalue weighted by Gasteiger charge is 2.27. The van der Waals surface area contributed by atoms with Crippen LogP contribution in [0, 0.1) is 27.7 Å². The lowest BCUT2D eigenvalue weighted by Crippen LogP contribution is -2.41. The molecular formula is C22H25N3O3. The number of hydrogen-bond acceptors (Lipinski definition) is 5. The van der Waals surface area contributed by atoms with Crippen molar-refractivity contribution < 1.29 is 14.1 Å². The lowest BCUT2D eigenvalue weighted by Gasteiger charge is -2.32. The van der Waals surface area contributed by atoms with Gasteiger partial charge in [0.1, 0.15) is 11.9 Å². The fourth-order valence-electron chi connectivity index (χ4n) is 3.71. The quantitative estimate of drug-likeness (QED) is 0.684. The molecule has 1 aliphatic rings. The normalized spacial score (nSPS) is 15.2. The van der Waals surface area contributed by atoms with Crippen LogP contribution in [0.3, 0.4) is 0 Å². The highest BCUT2D eigenvalue weighted by molar-refractivity contribution is 6.06. The summed E-state index contributed by atoms with van der Waals surface area (Å²) in [5.41, 5.74) is 4.98. The maximum atomic E-state index is 13.2. The molecular weight excluding hydrogens is 354 g/mol. The maximum absolute atomic E-state index is 13.2. The molecule has 0 N–H and O–H groups in total. The molecule has 0 spiro atoms. The van der Waals surface area contributed by atoms with Gasteiger partial charge < -0.3 is 14.2 Å². The van der Waals surface area contributed by atoms with E-state index < -0.39 is 0 Å². The Bertz CT molecular complexity index is 1030. The standard InChI is InChI=1S/C22H25N3O3/c1-13-5-6-18(11-14(13)2)27-17-7-9-25(10-8-17)22(26)19-12-15(3)23-21-20(19)16(4)24-28-21/h5-6,11-12,17H,7-10H2,1-4H3. The fraction of sp³-hybridized carbons (Fsp3) is 0.409. The Kier molecular flexibility index (Phi) is 4.79. The molecule has 1 amide bonds. The van der Waals surface area contributed by atoms with E-state index in [4.69, 9.17) is 9.26 Å². The van der Waals surface area contributed by atoms with Crippen molar-refractivity contribution in [3.05, 3.63) is 52.3 Å². The molecule has 4 rings (SSSR count). The van der Waals surface area contributed by atoms with E-state index in [-0.39, 0.29) is 12.0 Å². The number of ether oxygens (including phenoxy) is 1. The van der Waals surface area contributed by atoms with Gasteiger partial charge in [0.2, 0.25) is 0 Å². The average Bonchev–Trinajstić information content (AvgIpc) is 3.05. The summed E-state index contributed by atoms with van der Waals surface area (Å²) in [7, 11) is 0. The average molecular weight is 379 g/mol. The third-order valence-electron chi connectivity index (χ3n) is 5.49. The van der Waals surface area contributed by atoms with E-state index in [1.54, 1.807) is 0 Å². The zero-order valence-electron chi connectivity index (χ0n) is 16.8. The third kappa shape index (κ3) is 3.46. The molecule has 0 unspecified atom stereocenters. The zero-order chi connectivity index (χ0) is 19.8. The molecule has 1 aromatic carbocycles. The highest BCUT2D eigenvalue weighted by atomic mass is 16.5. The molecule has 0 bridgehead atoms. The molecule has 28 heavy (non-hydrogen) atoms. The van der Waals surface area contributed by atoms with Crippen LogP contribution in [-0.2, 0) is 0 Å². The first-order valence-electron chi connectivity index (χ1n) is 9.69. The number of piperidine rings is 1.